The van der Waals surface area contributed by atoms with E-state index in [0.717, 1.165) is 12.5 Å². The molecule has 1 nitrogen and oxygen atoms in total. The minimum absolute atomic E-state index is 0.877. The third-order valence-electron chi connectivity index (χ3n) is 3.02. The number of rotatable bonds is 5. The van der Waals surface area contributed by atoms with Crippen molar-refractivity contribution in [3.05, 3.63) is 11.6 Å². The van der Waals surface area contributed by atoms with Gasteiger partial charge in [0.25, 0.3) is 0 Å². The molecule has 0 aliphatic carbocycles. The molecule has 0 spiro atoms. The molecule has 1 aliphatic rings. The second-order valence-electron chi connectivity index (χ2n) is 3.98. The Hall–Kier alpha value is -0.300. The van der Waals surface area contributed by atoms with Crippen molar-refractivity contribution in [3.63, 3.8) is 0 Å². The quantitative estimate of drug-likeness (QED) is 0.643. The van der Waals surface area contributed by atoms with Crippen molar-refractivity contribution in [2.45, 2.75) is 46.0 Å². The van der Waals surface area contributed by atoms with Crippen LogP contribution >= 0.6 is 0 Å². The van der Waals surface area contributed by atoms with E-state index >= 15 is 0 Å². The van der Waals surface area contributed by atoms with Gasteiger partial charge in [-0.15, -0.1) is 0 Å². The van der Waals surface area contributed by atoms with Crippen LogP contribution in [0.25, 0.3) is 0 Å². The average Bonchev–Trinajstić information content (AvgIpc) is 2.21. The van der Waals surface area contributed by atoms with Crippen molar-refractivity contribution in [2.24, 2.45) is 5.92 Å². The van der Waals surface area contributed by atoms with Gasteiger partial charge in [-0.3, -0.25) is 0 Å². The molecule has 0 amide bonds. The Morgan fingerprint density at radius 1 is 1.46 bits per heavy atom. The summed E-state index contributed by atoms with van der Waals surface area (Å²) < 4.78 is 0. The Bertz CT molecular complexity index is 161. The molecule has 1 unspecified atom stereocenters. The molecule has 13 heavy (non-hydrogen) atoms. The van der Waals surface area contributed by atoms with Crippen LogP contribution in [0, 0.1) is 5.92 Å². The van der Waals surface area contributed by atoms with E-state index in [0.29, 0.717) is 0 Å². The zero-order valence-electron chi connectivity index (χ0n) is 9.10. The minimum atomic E-state index is 0.877. The molecule has 1 heteroatoms. The van der Waals surface area contributed by atoms with Gasteiger partial charge in [-0.05, 0) is 31.7 Å². The molecule has 76 valence electrons. The van der Waals surface area contributed by atoms with Crippen LogP contribution in [-0.4, -0.2) is 13.1 Å². The van der Waals surface area contributed by atoms with Crippen LogP contribution in [0.4, 0.5) is 0 Å². The summed E-state index contributed by atoms with van der Waals surface area (Å²) in [4.78, 5) is 0. The Labute approximate surface area is 82.6 Å². The molecule has 0 fully saturated rings. The highest BCUT2D eigenvalue weighted by Crippen LogP contribution is 2.24. The fraction of sp³-hybridized carbons (Fsp3) is 0.833. The molecule has 0 saturated carbocycles. The zero-order valence-corrected chi connectivity index (χ0v) is 9.10. The van der Waals surface area contributed by atoms with Gasteiger partial charge in [-0.2, -0.15) is 0 Å². The highest BCUT2D eigenvalue weighted by atomic mass is 14.8. The molecule has 0 aromatic heterocycles. The predicted octanol–water partition coefficient (Wildman–Crippen LogP) is 3.12. The molecule has 1 heterocycles. The van der Waals surface area contributed by atoms with Gasteiger partial charge in [0.1, 0.15) is 0 Å². The molecule has 0 bridgehead atoms. The predicted molar refractivity (Wildman–Crippen MR) is 58.9 cm³/mol. The maximum absolute atomic E-state index is 3.37. The fourth-order valence-electron chi connectivity index (χ4n) is 2.11. The topological polar surface area (TPSA) is 12.0 Å². The first-order chi connectivity index (χ1) is 6.38. The van der Waals surface area contributed by atoms with Gasteiger partial charge in [-0.25, -0.2) is 0 Å². The lowest BCUT2D eigenvalue weighted by atomic mass is 9.88. The summed E-state index contributed by atoms with van der Waals surface area (Å²) in [5.74, 6) is 0.877. The maximum atomic E-state index is 3.37. The lowest BCUT2D eigenvalue weighted by Gasteiger charge is -2.22. The first kappa shape index (κ1) is 10.8. The third kappa shape index (κ3) is 3.51. The van der Waals surface area contributed by atoms with E-state index in [1.54, 1.807) is 5.57 Å². The van der Waals surface area contributed by atoms with E-state index in [9.17, 15) is 0 Å². The van der Waals surface area contributed by atoms with Crippen molar-refractivity contribution in [1.29, 1.82) is 0 Å². The molecule has 0 aromatic carbocycles. The summed E-state index contributed by atoms with van der Waals surface area (Å²) in [7, 11) is 0. The molecule has 0 aromatic rings. The van der Waals surface area contributed by atoms with Gasteiger partial charge in [0.15, 0.2) is 0 Å². The number of hydrogen-bond acceptors (Lipinski definition) is 1. The third-order valence-corrected chi connectivity index (χ3v) is 3.02. The number of hydrogen-bond donors (Lipinski definition) is 1. The number of nitrogens with one attached hydrogen (secondary N) is 1. The highest BCUT2D eigenvalue weighted by Gasteiger charge is 2.13. The maximum Gasteiger partial charge on any atom is 0.0137 e. The van der Waals surface area contributed by atoms with E-state index in [1.165, 1.54) is 38.6 Å². The molecule has 0 saturated heterocycles. The van der Waals surface area contributed by atoms with Crippen molar-refractivity contribution in [2.75, 3.05) is 13.1 Å². The van der Waals surface area contributed by atoms with Crippen LogP contribution in [0.1, 0.15) is 46.0 Å². The monoisotopic (exact) mass is 181 g/mol. The molecule has 1 rings (SSSR count). The van der Waals surface area contributed by atoms with Gasteiger partial charge < -0.3 is 5.32 Å². The minimum Gasteiger partial charge on any atom is -0.313 e. The zero-order chi connectivity index (χ0) is 9.52. The second kappa shape index (κ2) is 6.20. The van der Waals surface area contributed by atoms with Crippen LogP contribution in [0.3, 0.4) is 0 Å². The van der Waals surface area contributed by atoms with Crippen LogP contribution in [0.5, 0.6) is 0 Å². The molecule has 1 aliphatic heterocycles. The normalized spacial score (nSPS) is 19.7. The summed E-state index contributed by atoms with van der Waals surface area (Å²) in [6.07, 6.45) is 9.14. The first-order valence-corrected chi connectivity index (χ1v) is 5.78. The van der Waals surface area contributed by atoms with Crippen LogP contribution < -0.4 is 5.32 Å². The van der Waals surface area contributed by atoms with E-state index in [2.05, 4.69) is 25.2 Å². The lowest BCUT2D eigenvalue weighted by molar-refractivity contribution is 0.485. The van der Waals surface area contributed by atoms with Gasteiger partial charge in [-0.1, -0.05) is 38.3 Å². The van der Waals surface area contributed by atoms with Gasteiger partial charge in [0.05, 0.1) is 0 Å². The molecule has 1 N–H and O–H groups in total. The van der Waals surface area contributed by atoms with Crippen molar-refractivity contribution < 1.29 is 0 Å². The summed E-state index contributed by atoms with van der Waals surface area (Å²) in [5.41, 5.74) is 1.72. The van der Waals surface area contributed by atoms with Crippen molar-refractivity contribution in [3.8, 4) is 0 Å². The van der Waals surface area contributed by atoms with Crippen LogP contribution in [0.15, 0.2) is 11.6 Å². The molecular formula is C12H23N. The SMILES string of the molecule is CCCCC(CC)C1=CCNCC1. The summed E-state index contributed by atoms with van der Waals surface area (Å²) in [5, 5.41) is 3.37. The molecule has 0 radical (unpaired) electrons. The fourth-order valence-corrected chi connectivity index (χ4v) is 2.11. The lowest BCUT2D eigenvalue weighted by Crippen LogP contribution is -2.23. The van der Waals surface area contributed by atoms with E-state index in [4.69, 9.17) is 0 Å². The second-order valence-corrected chi connectivity index (χ2v) is 3.98. The largest absolute Gasteiger partial charge is 0.313 e. The summed E-state index contributed by atoms with van der Waals surface area (Å²) in [6, 6.07) is 0. The summed E-state index contributed by atoms with van der Waals surface area (Å²) >= 11 is 0. The van der Waals surface area contributed by atoms with Crippen LogP contribution in [0.2, 0.25) is 0 Å². The standard InChI is InChI=1S/C12H23N/c1-3-5-6-11(4-2)12-7-9-13-10-8-12/h7,11,13H,3-6,8-10H2,1-2H3. The molecule has 1 atom stereocenters. The Kier molecular flexibility index (Phi) is 5.14. The first-order valence-electron chi connectivity index (χ1n) is 5.78. The van der Waals surface area contributed by atoms with Crippen molar-refractivity contribution >= 4 is 0 Å². The smallest absolute Gasteiger partial charge is 0.0137 e. The summed E-state index contributed by atoms with van der Waals surface area (Å²) in [6.45, 7) is 6.89. The average molecular weight is 181 g/mol. The molecular weight excluding hydrogens is 158 g/mol. The van der Waals surface area contributed by atoms with Gasteiger partial charge in [0.2, 0.25) is 0 Å². The Morgan fingerprint density at radius 3 is 2.85 bits per heavy atom. The number of unbranched alkanes of at least 4 members (excludes halogenated alkanes) is 1. The van der Waals surface area contributed by atoms with Crippen molar-refractivity contribution in [1.82, 2.24) is 5.32 Å². The van der Waals surface area contributed by atoms with E-state index in [-0.39, 0.29) is 0 Å². The van der Waals surface area contributed by atoms with Gasteiger partial charge in [0, 0.05) is 6.54 Å². The Morgan fingerprint density at radius 2 is 2.31 bits per heavy atom. The van der Waals surface area contributed by atoms with E-state index in [1.807, 2.05) is 0 Å². The van der Waals surface area contributed by atoms with E-state index < -0.39 is 0 Å². The van der Waals surface area contributed by atoms with Crippen LogP contribution in [-0.2, 0) is 0 Å². The van der Waals surface area contributed by atoms with Gasteiger partial charge >= 0.3 is 0 Å². The Balaban J connectivity index is 2.39. The highest BCUT2D eigenvalue weighted by molar-refractivity contribution is 5.10.